The first-order chi connectivity index (χ1) is 7.75. The van der Waals surface area contributed by atoms with E-state index in [2.05, 4.69) is 24.1 Å². The molecule has 3 nitrogen and oxygen atoms in total. The number of aliphatic imine (C=N–C) groups is 1. The quantitative estimate of drug-likeness (QED) is 0.533. The van der Waals surface area contributed by atoms with Gasteiger partial charge in [-0.3, -0.25) is 9.89 Å². The molecule has 0 bridgehead atoms. The Labute approximate surface area is 98.9 Å². The number of allylic oxidation sites excluding steroid dienone is 2. The first-order valence-electron chi connectivity index (χ1n) is 6.36. The summed E-state index contributed by atoms with van der Waals surface area (Å²) in [6.45, 7) is 4.79. The molecule has 0 aromatic carbocycles. The molecule has 1 aliphatic rings. The van der Waals surface area contributed by atoms with Crippen LogP contribution in [-0.2, 0) is 0 Å². The molecule has 0 aliphatic carbocycles. The molecule has 1 aliphatic heterocycles. The fraction of sp³-hybridized carbons (Fsp3) is 0.769. The molecule has 0 saturated carbocycles. The van der Waals surface area contributed by atoms with E-state index in [9.17, 15) is 5.11 Å². The van der Waals surface area contributed by atoms with Crippen molar-refractivity contribution in [1.29, 1.82) is 0 Å². The monoisotopic (exact) mass is 224 g/mol. The molecule has 1 N–H and O–H groups in total. The lowest BCUT2D eigenvalue weighted by molar-refractivity contribution is 0.00797. The number of rotatable bonds is 7. The van der Waals surface area contributed by atoms with E-state index in [4.69, 9.17) is 0 Å². The Bertz CT molecular complexity index is 236. The van der Waals surface area contributed by atoms with E-state index in [1.54, 1.807) is 6.92 Å². The maximum atomic E-state index is 9.52. The zero-order valence-corrected chi connectivity index (χ0v) is 10.5. The van der Waals surface area contributed by atoms with Crippen molar-refractivity contribution in [1.82, 2.24) is 4.90 Å². The Balaban J connectivity index is 2.17. The Morgan fingerprint density at radius 2 is 2.25 bits per heavy atom. The Morgan fingerprint density at radius 3 is 2.94 bits per heavy atom. The third kappa shape index (κ3) is 4.45. The summed E-state index contributed by atoms with van der Waals surface area (Å²) < 4.78 is 0. The third-order valence-electron chi connectivity index (χ3n) is 2.92. The van der Waals surface area contributed by atoms with Crippen molar-refractivity contribution >= 4 is 6.21 Å². The summed E-state index contributed by atoms with van der Waals surface area (Å²) in [6.07, 6.45) is 12.0. The predicted molar refractivity (Wildman–Crippen MR) is 68.6 cm³/mol. The lowest BCUT2D eigenvalue weighted by Gasteiger charge is -2.25. The highest BCUT2D eigenvalue weighted by molar-refractivity contribution is 5.62. The highest BCUT2D eigenvalue weighted by Crippen LogP contribution is 2.15. The molecule has 0 aromatic rings. The molecule has 0 aromatic heterocycles. The zero-order chi connectivity index (χ0) is 11.8. The fourth-order valence-corrected chi connectivity index (χ4v) is 1.92. The summed E-state index contributed by atoms with van der Waals surface area (Å²) in [5.41, 5.74) is 0. The summed E-state index contributed by atoms with van der Waals surface area (Å²) in [7, 11) is 0. The van der Waals surface area contributed by atoms with Crippen LogP contribution in [-0.4, -0.2) is 35.2 Å². The molecule has 0 radical (unpaired) electrons. The van der Waals surface area contributed by atoms with E-state index >= 15 is 0 Å². The van der Waals surface area contributed by atoms with Gasteiger partial charge in [0.05, 0.1) is 0 Å². The van der Waals surface area contributed by atoms with Crippen molar-refractivity contribution in [3.8, 4) is 0 Å². The van der Waals surface area contributed by atoms with Crippen LogP contribution >= 0.6 is 0 Å². The second kappa shape index (κ2) is 7.58. The van der Waals surface area contributed by atoms with E-state index in [1.165, 1.54) is 19.3 Å². The number of aliphatic hydroxyl groups excluding tert-OH is 1. The van der Waals surface area contributed by atoms with Crippen molar-refractivity contribution in [3.05, 3.63) is 12.2 Å². The van der Waals surface area contributed by atoms with Gasteiger partial charge in [-0.05, 0) is 26.2 Å². The van der Waals surface area contributed by atoms with Gasteiger partial charge in [0.15, 0.2) is 0 Å². The molecular formula is C13H24N2O. The molecule has 0 amide bonds. The van der Waals surface area contributed by atoms with Crippen molar-refractivity contribution in [2.75, 3.05) is 6.54 Å². The topological polar surface area (TPSA) is 35.8 Å². The molecule has 1 heterocycles. The maximum absolute atomic E-state index is 9.52. The normalized spacial score (nSPS) is 23.3. The zero-order valence-electron chi connectivity index (χ0n) is 10.5. The van der Waals surface area contributed by atoms with Gasteiger partial charge in [0.1, 0.15) is 12.4 Å². The van der Waals surface area contributed by atoms with Gasteiger partial charge in [-0.25, -0.2) is 0 Å². The van der Waals surface area contributed by atoms with Crippen molar-refractivity contribution in [2.24, 2.45) is 4.99 Å². The van der Waals surface area contributed by atoms with Gasteiger partial charge in [-0.15, -0.1) is 0 Å². The average Bonchev–Trinajstić information content (AvgIpc) is 2.71. The molecule has 92 valence electrons. The largest absolute Gasteiger partial charge is 0.379 e. The minimum Gasteiger partial charge on any atom is -0.379 e. The molecule has 3 heteroatoms. The summed E-state index contributed by atoms with van der Waals surface area (Å²) in [6, 6.07) is 0. The SMILES string of the molecule is CCCC/C=C/CCC1N=CCN1C(C)O. The second-order valence-electron chi connectivity index (χ2n) is 4.33. The molecule has 1 rings (SSSR count). The minimum absolute atomic E-state index is 0.177. The van der Waals surface area contributed by atoms with E-state index in [-0.39, 0.29) is 6.17 Å². The van der Waals surface area contributed by atoms with Crippen LogP contribution in [0.3, 0.4) is 0 Å². The van der Waals surface area contributed by atoms with Gasteiger partial charge < -0.3 is 5.11 Å². The van der Waals surface area contributed by atoms with Gasteiger partial charge in [0.2, 0.25) is 0 Å². The van der Waals surface area contributed by atoms with Crippen LogP contribution in [0, 0.1) is 0 Å². The molecule has 2 unspecified atom stereocenters. The van der Waals surface area contributed by atoms with Crippen LogP contribution in [0.4, 0.5) is 0 Å². The van der Waals surface area contributed by atoms with Gasteiger partial charge in [-0.1, -0.05) is 31.9 Å². The van der Waals surface area contributed by atoms with Gasteiger partial charge in [0, 0.05) is 12.8 Å². The Kier molecular flexibility index (Phi) is 6.34. The van der Waals surface area contributed by atoms with Crippen LogP contribution < -0.4 is 0 Å². The summed E-state index contributed by atoms with van der Waals surface area (Å²) >= 11 is 0. The minimum atomic E-state index is -0.392. The van der Waals surface area contributed by atoms with Crippen molar-refractivity contribution < 1.29 is 5.11 Å². The molecule has 0 saturated heterocycles. The van der Waals surface area contributed by atoms with Crippen molar-refractivity contribution in [2.45, 2.75) is 58.3 Å². The summed E-state index contributed by atoms with van der Waals surface area (Å²) in [4.78, 5) is 6.39. The lowest BCUT2D eigenvalue weighted by atomic mass is 10.2. The first kappa shape index (κ1) is 13.4. The molecule has 2 atom stereocenters. The smallest absolute Gasteiger partial charge is 0.106 e. The molecule has 0 spiro atoms. The molecule has 16 heavy (non-hydrogen) atoms. The third-order valence-corrected chi connectivity index (χ3v) is 2.92. The molecule has 0 fully saturated rings. The van der Waals surface area contributed by atoms with Crippen molar-refractivity contribution in [3.63, 3.8) is 0 Å². The van der Waals surface area contributed by atoms with E-state index in [0.29, 0.717) is 0 Å². The van der Waals surface area contributed by atoms with Gasteiger partial charge in [0.25, 0.3) is 0 Å². The number of aliphatic hydroxyl groups is 1. The molecular weight excluding hydrogens is 200 g/mol. The van der Waals surface area contributed by atoms with Crippen LogP contribution in [0.25, 0.3) is 0 Å². The Hall–Kier alpha value is -0.670. The fourth-order valence-electron chi connectivity index (χ4n) is 1.92. The van der Waals surface area contributed by atoms with Crippen LogP contribution in [0.15, 0.2) is 17.1 Å². The predicted octanol–water partition coefficient (Wildman–Crippen LogP) is 2.56. The average molecular weight is 224 g/mol. The van der Waals surface area contributed by atoms with E-state index in [0.717, 1.165) is 19.4 Å². The van der Waals surface area contributed by atoms with Gasteiger partial charge >= 0.3 is 0 Å². The summed E-state index contributed by atoms with van der Waals surface area (Å²) in [5.74, 6) is 0. The van der Waals surface area contributed by atoms with E-state index in [1.807, 2.05) is 11.1 Å². The highest BCUT2D eigenvalue weighted by Gasteiger charge is 2.23. The number of hydrogen-bond donors (Lipinski definition) is 1. The van der Waals surface area contributed by atoms with Crippen LogP contribution in [0.2, 0.25) is 0 Å². The highest BCUT2D eigenvalue weighted by atomic mass is 16.3. The Morgan fingerprint density at radius 1 is 1.50 bits per heavy atom. The van der Waals surface area contributed by atoms with Gasteiger partial charge in [-0.2, -0.15) is 0 Å². The number of hydrogen-bond acceptors (Lipinski definition) is 3. The maximum Gasteiger partial charge on any atom is 0.106 e. The lowest BCUT2D eigenvalue weighted by Crippen LogP contribution is -2.37. The number of unbranched alkanes of at least 4 members (excludes halogenated alkanes) is 2. The summed E-state index contributed by atoms with van der Waals surface area (Å²) in [5, 5.41) is 9.52. The second-order valence-corrected chi connectivity index (χ2v) is 4.33. The standard InChI is InChI=1S/C13H24N2O/c1-3-4-5-6-7-8-9-13-14-10-11-15(13)12(2)16/h6-7,10,12-13,16H,3-5,8-9,11H2,1-2H3/b7-6+. The van der Waals surface area contributed by atoms with Crippen LogP contribution in [0.1, 0.15) is 46.0 Å². The van der Waals surface area contributed by atoms with Crippen LogP contribution in [0.5, 0.6) is 0 Å². The first-order valence-corrected chi connectivity index (χ1v) is 6.36. The number of nitrogens with zero attached hydrogens (tertiary/aromatic N) is 2. The van der Waals surface area contributed by atoms with E-state index < -0.39 is 6.23 Å².